The lowest BCUT2D eigenvalue weighted by molar-refractivity contribution is -0.144. The number of aliphatic carboxylic acids is 1. The van der Waals surface area contributed by atoms with Gasteiger partial charge in [-0.2, -0.15) is 5.26 Å². The molecule has 3 nitrogen and oxygen atoms in total. The molecule has 0 saturated heterocycles. The molecular formula is C10H13NO2. The molecule has 1 N–H and O–H groups in total. The molecule has 0 aromatic carbocycles. The van der Waals surface area contributed by atoms with Crippen LogP contribution in [0.1, 0.15) is 26.7 Å². The zero-order chi connectivity index (χ0) is 10.5. The Morgan fingerprint density at radius 2 is 2.23 bits per heavy atom. The largest absolute Gasteiger partial charge is 0.481 e. The summed E-state index contributed by atoms with van der Waals surface area (Å²) < 4.78 is 0. The first-order valence-corrected chi connectivity index (χ1v) is 4.03. The number of hydrogen-bond acceptors (Lipinski definition) is 2. The first-order chi connectivity index (χ1) is 5.95. The van der Waals surface area contributed by atoms with E-state index in [1.165, 1.54) is 0 Å². The summed E-state index contributed by atoms with van der Waals surface area (Å²) in [6.07, 6.45) is 5.75. The molecule has 0 aliphatic carbocycles. The lowest BCUT2D eigenvalue weighted by Crippen LogP contribution is -2.29. The molecule has 70 valence electrons. The molecule has 3 heteroatoms. The zero-order valence-corrected chi connectivity index (χ0v) is 7.87. The fourth-order valence-corrected chi connectivity index (χ4v) is 1.10. The highest BCUT2D eigenvalue weighted by Gasteiger charge is 2.32. The van der Waals surface area contributed by atoms with Crippen LogP contribution in [-0.2, 0) is 4.79 Å². The molecule has 0 bridgehead atoms. The van der Waals surface area contributed by atoms with E-state index in [1.54, 1.807) is 13.8 Å². The van der Waals surface area contributed by atoms with Gasteiger partial charge in [0.1, 0.15) is 0 Å². The second-order valence-corrected chi connectivity index (χ2v) is 3.45. The minimum Gasteiger partial charge on any atom is -0.481 e. The Labute approximate surface area is 78.4 Å². The van der Waals surface area contributed by atoms with E-state index in [1.807, 2.05) is 6.07 Å². The summed E-state index contributed by atoms with van der Waals surface area (Å²) in [6, 6.07) is 1.92. The van der Waals surface area contributed by atoms with Gasteiger partial charge in [-0.25, -0.2) is 0 Å². The van der Waals surface area contributed by atoms with Gasteiger partial charge in [-0.3, -0.25) is 4.79 Å². The number of carbonyl (C=O) groups is 1. The van der Waals surface area contributed by atoms with E-state index in [2.05, 4.69) is 5.92 Å². The van der Waals surface area contributed by atoms with Crippen molar-refractivity contribution in [3.8, 4) is 18.4 Å². The minimum atomic E-state index is -0.932. The Morgan fingerprint density at radius 3 is 2.54 bits per heavy atom. The molecular weight excluding hydrogens is 166 g/mol. The van der Waals surface area contributed by atoms with Gasteiger partial charge < -0.3 is 5.11 Å². The first kappa shape index (κ1) is 11.5. The summed E-state index contributed by atoms with van der Waals surface area (Å²) in [5, 5.41) is 17.2. The molecule has 0 amide bonds. The number of rotatable bonds is 4. The van der Waals surface area contributed by atoms with Crippen LogP contribution >= 0.6 is 0 Å². The molecule has 0 fully saturated rings. The summed E-state index contributed by atoms with van der Waals surface area (Å²) in [5.74, 6) is 0.868. The lowest BCUT2D eigenvalue weighted by Gasteiger charge is -2.24. The van der Waals surface area contributed by atoms with Crippen LogP contribution in [-0.4, -0.2) is 11.1 Å². The molecule has 0 rings (SSSR count). The standard InChI is InChI=1S/C10H13NO2/c1-4-10(2,3)8(9(12)13)6-5-7-11/h1,8H,5-6H2,2-3H3,(H,12,13). The molecule has 0 radical (unpaired) electrons. The maximum Gasteiger partial charge on any atom is 0.308 e. The number of hydrogen-bond donors (Lipinski definition) is 1. The van der Waals surface area contributed by atoms with Crippen LogP contribution in [0.15, 0.2) is 0 Å². The molecule has 0 heterocycles. The van der Waals surface area contributed by atoms with E-state index >= 15 is 0 Å². The van der Waals surface area contributed by atoms with Crippen LogP contribution in [0.4, 0.5) is 0 Å². The van der Waals surface area contributed by atoms with Gasteiger partial charge >= 0.3 is 5.97 Å². The quantitative estimate of drug-likeness (QED) is 0.667. The van der Waals surface area contributed by atoms with Gasteiger partial charge in [0.2, 0.25) is 0 Å². The summed E-state index contributed by atoms with van der Waals surface area (Å²) in [6.45, 7) is 3.40. The van der Waals surface area contributed by atoms with Crippen LogP contribution in [0, 0.1) is 35.0 Å². The normalized spacial score (nSPS) is 12.6. The summed E-state index contributed by atoms with van der Waals surface area (Å²) in [4.78, 5) is 10.8. The van der Waals surface area contributed by atoms with E-state index in [9.17, 15) is 4.79 Å². The van der Waals surface area contributed by atoms with Crippen molar-refractivity contribution in [1.82, 2.24) is 0 Å². The Bertz CT molecular complexity index is 268. The number of nitriles is 1. The van der Waals surface area contributed by atoms with Crippen LogP contribution in [0.2, 0.25) is 0 Å². The van der Waals surface area contributed by atoms with E-state index in [0.717, 1.165) is 0 Å². The molecule has 0 spiro atoms. The number of nitrogens with zero attached hydrogens (tertiary/aromatic N) is 1. The highest BCUT2D eigenvalue weighted by atomic mass is 16.4. The molecule has 1 atom stereocenters. The smallest absolute Gasteiger partial charge is 0.308 e. The lowest BCUT2D eigenvalue weighted by atomic mass is 9.77. The highest BCUT2D eigenvalue weighted by Crippen LogP contribution is 2.29. The van der Waals surface area contributed by atoms with Gasteiger partial charge in [0.05, 0.1) is 12.0 Å². The third-order valence-corrected chi connectivity index (χ3v) is 2.09. The van der Waals surface area contributed by atoms with Crippen molar-refractivity contribution < 1.29 is 9.90 Å². The van der Waals surface area contributed by atoms with Crippen LogP contribution in [0.3, 0.4) is 0 Å². The first-order valence-electron chi connectivity index (χ1n) is 4.03. The average Bonchev–Trinajstić information content (AvgIpc) is 2.04. The van der Waals surface area contributed by atoms with E-state index in [4.69, 9.17) is 16.8 Å². The van der Waals surface area contributed by atoms with Crippen LogP contribution in [0.25, 0.3) is 0 Å². The Kier molecular flexibility index (Phi) is 4.01. The van der Waals surface area contributed by atoms with Crippen LogP contribution < -0.4 is 0 Å². The van der Waals surface area contributed by atoms with Gasteiger partial charge in [0, 0.05) is 11.8 Å². The number of terminal acetylenes is 1. The molecule has 0 aliphatic heterocycles. The molecule has 0 aromatic heterocycles. The molecule has 13 heavy (non-hydrogen) atoms. The van der Waals surface area contributed by atoms with Gasteiger partial charge in [-0.15, -0.1) is 6.42 Å². The Morgan fingerprint density at radius 1 is 1.69 bits per heavy atom. The Hall–Kier alpha value is -1.48. The van der Waals surface area contributed by atoms with E-state index < -0.39 is 17.3 Å². The molecule has 0 aliphatic rings. The molecule has 1 unspecified atom stereocenters. The third kappa shape index (κ3) is 3.17. The van der Waals surface area contributed by atoms with Crippen molar-refractivity contribution in [1.29, 1.82) is 5.26 Å². The zero-order valence-electron chi connectivity index (χ0n) is 7.87. The monoisotopic (exact) mass is 179 g/mol. The van der Waals surface area contributed by atoms with Crippen molar-refractivity contribution >= 4 is 5.97 Å². The second-order valence-electron chi connectivity index (χ2n) is 3.45. The summed E-state index contributed by atoms with van der Waals surface area (Å²) in [5.41, 5.74) is -0.692. The number of carboxylic acid groups (broad SMARTS) is 1. The van der Waals surface area contributed by atoms with Gasteiger partial charge in [-0.1, -0.05) is 5.92 Å². The van der Waals surface area contributed by atoms with Crippen molar-refractivity contribution in [2.45, 2.75) is 26.7 Å². The van der Waals surface area contributed by atoms with Gasteiger partial charge in [0.15, 0.2) is 0 Å². The Balaban J connectivity index is 4.55. The SMILES string of the molecule is C#CC(C)(C)C(CCC#N)C(=O)O. The molecule has 0 saturated carbocycles. The fraction of sp³-hybridized carbons (Fsp3) is 0.600. The van der Waals surface area contributed by atoms with Crippen molar-refractivity contribution in [3.05, 3.63) is 0 Å². The third-order valence-electron chi connectivity index (χ3n) is 2.09. The minimum absolute atomic E-state index is 0.224. The highest BCUT2D eigenvalue weighted by molar-refractivity contribution is 5.71. The van der Waals surface area contributed by atoms with Crippen molar-refractivity contribution in [3.63, 3.8) is 0 Å². The maximum absolute atomic E-state index is 10.8. The average molecular weight is 179 g/mol. The summed E-state index contributed by atoms with van der Waals surface area (Å²) in [7, 11) is 0. The topological polar surface area (TPSA) is 61.1 Å². The van der Waals surface area contributed by atoms with Crippen molar-refractivity contribution in [2.75, 3.05) is 0 Å². The predicted octanol–water partition coefficient (Wildman–Crippen LogP) is 1.65. The maximum atomic E-state index is 10.8. The van der Waals surface area contributed by atoms with Gasteiger partial charge in [0.25, 0.3) is 0 Å². The predicted molar refractivity (Wildman–Crippen MR) is 48.6 cm³/mol. The van der Waals surface area contributed by atoms with E-state index in [0.29, 0.717) is 6.42 Å². The van der Waals surface area contributed by atoms with Gasteiger partial charge in [-0.05, 0) is 20.3 Å². The number of carboxylic acids is 1. The second kappa shape index (κ2) is 4.52. The van der Waals surface area contributed by atoms with Crippen LogP contribution in [0.5, 0.6) is 0 Å². The van der Waals surface area contributed by atoms with Crippen molar-refractivity contribution in [2.24, 2.45) is 11.3 Å². The fourth-order valence-electron chi connectivity index (χ4n) is 1.10. The summed E-state index contributed by atoms with van der Waals surface area (Å²) >= 11 is 0. The molecule has 0 aromatic rings. The van der Waals surface area contributed by atoms with E-state index in [-0.39, 0.29) is 6.42 Å².